The maximum Gasteiger partial charge on any atom is 0.308 e. The lowest BCUT2D eigenvalue weighted by atomic mass is 10.1. The highest BCUT2D eigenvalue weighted by molar-refractivity contribution is 7.92. The van der Waals surface area contributed by atoms with Crippen LogP contribution in [0.25, 0.3) is 32.0 Å². The fraction of sp³-hybridized carbons (Fsp3) is 0.107. The number of hydrogen-bond acceptors (Lipinski definition) is 4. The quantitative estimate of drug-likeness (QED) is 0.252. The van der Waals surface area contributed by atoms with Gasteiger partial charge < -0.3 is 4.57 Å². The Hall–Kier alpha value is -3.59. The molecular weight excluding hydrogens is 526 g/mol. The second-order valence-electron chi connectivity index (χ2n) is 8.81. The smallest absolute Gasteiger partial charge is 0.308 e. The van der Waals surface area contributed by atoms with Gasteiger partial charge in [0.25, 0.3) is 10.0 Å². The van der Waals surface area contributed by atoms with Crippen LogP contribution in [0.1, 0.15) is 12.5 Å². The van der Waals surface area contributed by atoms with Crippen molar-refractivity contribution in [1.29, 1.82) is 0 Å². The van der Waals surface area contributed by atoms with Crippen molar-refractivity contribution in [2.45, 2.75) is 24.9 Å². The summed E-state index contributed by atoms with van der Waals surface area (Å²) in [6.45, 7) is 3.29. The molecule has 0 spiro atoms. The first-order valence-corrected chi connectivity index (χ1v) is 14.4. The van der Waals surface area contributed by atoms with E-state index < -0.39 is 10.0 Å². The monoisotopic (exact) mass is 547 g/mol. The van der Waals surface area contributed by atoms with Gasteiger partial charge in [-0.2, -0.15) is 0 Å². The van der Waals surface area contributed by atoms with E-state index in [4.69, 9.17) is 11.6 Å². The zero-order valence-electron chi connectivity index (χ0n) is 19.8. The van der Waals surface area contributed by atoms with Crippen molar-refractivity contribution in [3.63, 3.8) is 0 Å². The summed E-state index contributed by atoms with van der Waals surface area (Å²) in [6, 6.07) is 25.8. The number of sulfonamides is 1. The Balaban J connectivity index is 1.34. The highest BCUT2D eigenvalue weighted by Gasteiger charge is 2.18. The number of nitrogens with zero attached hydrogens (tertiary/aromatic N) is 2. The van der Waals surface area contributed by atoms with Gasteiger partial charge in [-0.05, 0) is 67.1 Å². The molecule has 0 aliphatic carbocycles. The van der Waals surface area contributed by atoms with Gasteiger partial charge in [-0.25, -0.2) is 8.42 Å². The Morgan fingerprint density at radius 2 is 1.57 bits per heavy atom. The van der Waals surface area contributed by atoms with Crippen LogP contribution in [0.5, 0.6) is 0 Å². The van der Waals surface area contributed by atoms with E-state index in [0.717, 1.165) is 45.3 Å². The second-order valence-corrected chi connectivity index (χ2v) is 11.9. The number of anilines is 1. The number of halogens is 1. The predicted molar refractivity (Wildman–Crippen MR) is 153 cm³/mol. The molecule has 6 nitrogen and oxygen atoms in total. The lowest BCUT2D eigenvalue weighted by Gasteiger charge is -2.10. The zero-order chi connectivity index (χ0) is 25.7. The van der Waals surface area contributed by atoms with Crippen molar-refractivity contribution >= 4 is 70.7 Å². The van der Waals surface area contributed by atoms with Crippen molar-refractivity contribution in [2.75, 3.05) is 4.72 Å². The summed E-state index contributed by atoms with van der Waals surface area (Å²) in [5.74, 6) is 0. The minimum Gasteiger partial charge on any atom is -0.341 e. The van der Waals surface area contributed by atoms with Crippen LogP contribution in [-0.2, 0) is 23.1 Å². The fourth-order valence-electron chi connectivity index (χ4n) is 4.81. The molecule has 0 amide bonds. The molecule has 0 aliphatic rings. The second kappa shape index (κ2) is 9.06. The van der Waals surface area contributed by atoms with Crippen LogP contribution < -0.4 is 9.60 Å². The number of benzene rings is 4. The van der Waals surface area contributed by atoms with E-state index in [0.29, 0.717) is 27.5 Å². The van der Waals surface area contributed by atoms with Crippen LogP contribution >= 0.6 is 22.9 Å². The molecule has 2 heterocycles. The maximum atomic E-state index is 13.3. The number of rotatable bonds is 6. The van der Waals surface area contributed by atoms with Gasteiger partial charge in [-0.3, -0.25) is 14.1 Å². The molecule has 0 unspecified atom stereocenters. The normalized spacial score (nSPS) is 12.1. The summed E-state index contributed by atoms with van der Waals surface area (Å²) in [4.78, 5) is 12.7. The number of aromatic nitrogens is 2. The van der Waals surface area contributed by atoms with E-state index in [1.165, 1.54) is 6.07 Å². The van der Waals surface area contributed by atoms with Gasteiger partial charge in [0.15, 0.2) is 0 Å². The first-order chi connectivity index (χ1) is 17.8. The Bertz CT molecular complexity index is 1970. The minimum absolute atomic E-state index is 0.107. The zero-order valence-corrected chi connectivity index (χ0v) is 22.2. The van der Waals surface area contributed by atoms with Crippen LogP contribution in [-0.4, -0.2) is 17.6 Å². The van der Waals surface area contributed by atoms with E-state index in [9.17, 15) is 13.2 Å². The molecule has 186 valence electrons. The van der Waals surface area contributed by atoms with E-state index in [-0.39, 0.29) is 9.77 Å². The van der Waals surface area contributed by atoms with Crippen molar-refractivity contribution in [3.05, 3.63) is 105 Å². The van der Waals surface area contributed by atoms with Gasteiger partial charge in [0, 0.05) is 39.1 Å². The summed E-state index contributed by atoms with van der Waals surface area (Å²) in [7, 11) is -3.87. The number of fused-ring (bicyclic) bond motifs is 4. The maximum absolute atomic E-state index is 13.3. The fourth-order valence-corrected chi connectivity index (χ4v) is 7.01. The number of hydrogen-bond donors (Lipinski definition) is 1. The third-order valence-electron chi connectivity index (χ3n) is 6.54. The lowest BCUT2D eigenvalue weighted by molar-refractivity contribution is 0.601. The lowest BCUT2D eigenvalue weighted by Crippen LogP contribution is -2.14. The van der Waals surface area contributed by atoms with Gasteiger partial charge in [0.2, 0.25) is 0 Å². The number of nitrogens with one attached hydrogen (secondary N) is 1. The van der Waals surface area contributed by atoms with Gasteiger partial charge in [0.1, 0.15) is 0 Å². The molecule has 4 aromatic carbocycles. The first kappa shape index (κ1) is 23.8. The van der Waals surface area contributed by atoms with Crippen LogP contribution in [0.15, 0.2) is 94.6 Å². The molecule has 37 heavy (non-hydrogen) atoms. The number of thiazole rings is 1. The molecule has 2 aromatic heterocycles. The molecule has 6 aromatic rings. The van der Waals surface area contributed by atoms with Gasteiger partial charge in [-0.1, -0.05) is 53.3 Å². The molecule has 0 radical (unpaired) electrons. The molecule has 0 saturated heterocycles. The molecule has 0 saturated carbocycles. The molecule has 6 rings (SSSR count). The van der Waals surface area contributed by atoms with E-state index >= 15 is 0 Å². The van der Waals surface area contributed by atoms with Crippen molar-refractivity contribution in [2.24, 2.45) is 0 Å². The SMILES string of the molecule is CCn1c2ccccc2c2cc(NS(=O)(=O)c3ccc4c(c3)sc(=O)n4Cc3ccc(Cl)cc3)ccc21. The standard InChI is InChI=1S/C28H22ClN3O3S2/c1-2-31-24-6-4-3-5-22(24)23-15-20(11-13-25(23)31)30-37(34,35)21-12-14-26-27(16-21)36-28(33)32(26)17-18-7-9-19(29)10-8-18/h3-16,30H,2,17H2,1H3. The van der Waals surface area contributed by atoms with Gasteiger partial charge in [0.05, 0.1) is 21.7 Å². The Labute approximate surface area is 222 Å². The van der Waals surface area contributed by atoms with Crippen molar-refractivity contribution < 1.29 is 8.42 Å². The molecule has 0 fully saturated rings. The summed E-state index contributed by atoms with van der Waals surface area (Å²) in [5.41, 5.74) is 4.28. The first-order valence-electron chi connectivity index (χ1n) is 11.8. The van der Waals surface area contributed by atoms with Crippen LogP contribution in [0.3, 0.4) is 0 Å². The van der Waals surface area contributed by atoms with Crippen LogP contribution in [0.2, 0.25) is 5.02 Å². The number of para-hydroxylation sites is 1. The average Bonchev–Trinajstić information content (AvgIpc) is 3.38. The van der Waals surface area contributed by atoms with E-state index in [2.05, 4.69) is 22.3 Å². The molecule has 0 bridgehead atoms. The van der Waals surface area contributed by atoms with E-state index in [1.807, 2.05) is 42.5 Å². The third-order valence-corrected chi connectivity index (χ3v) is 9.12. The van der Waals surface area contributed by atoms with Crippen molar-refractivity contribution in [3.8, 4) is 0 Å². The Kier molecular flexibility index (Phi) is 5.82. The van der Waals surface area contributed by atoms with Gasteiger partial charge in [-0.15, -0.1) is 0 Å². The molecule has 0 aliphatic heterocycles. The Morgan fingerprint density at radius 3 is 2.35 bits per heavy atom. The number of aryl methyl sites for hydroxylation is 1. The molecular formula is C28H22ClN3O3S2. The molecule has 0 atom stereocenters. The summed E-state index contributed by atoms with van der Waals surface area (Å²) in [6.07, 6.45) is 0. The van der Waals surface area contributed by atoms with E-state index in [1.54, 1.807) is 34.9 Å². The van der Waals surface area contributed by atoms with Crippen LogP contribution in [0.4, 0.5) is 5.69 Å². The van der Waals surface area contributed by atoms with Gasteiger partial charge >= 0.3 is 4.87 Å². The molecule has 1 N–H and O–H groups in total. The van der Waals surface area contributed by atoms with Crippen LogP contribution in [0, 0.1) is 0 Å². The topological polar surface area (TPSA) is 73.1 Å². The van der Waals surface area contributed by atoms with Crippen molar-refractivity contribution in [1.82, 2.24) is 9.13 Å². The summed E-state index contributed by atoms with van der Waals surface area (Å²) >= 11 is 7.00. The summed E-state index contributed by atoms with van der Waals surface area (Å²) in [5, 5.41) is 2.70. The average molecular weight is 548 g/mol. The summed E-state index contributed by atoms with van der Waals surface area (Å²) < 4.78 is 33.8. The third kappa shape index (κ3) is 4.21. The molecule has 9 heteroatoms. The highest BCUT2D eigenvalue weighted by atomic mass is 35.5. The highest BCUT2D eigenvalue weighted by Crippen LogP contribution is 2.32. The predicted octanol–water partition coefficient (Wildman–Crippen LogP) is 6.69. The Morgan fingerprint density at radius 1 is 0.838 bits per heavy atom. The largest absolute Gasteiger partial charge is 0.341 e. The minimum atomic E-state index is -3.87.